The summed E-state index contributed by atoms with van der Waals surface area (Å²) < 4.78 is 0. The van der Waals surface area contributed by atoms with Crippen molar-refractivity contribution in [1.29, 1.82) is 0 Å². The lowest BCUT2D eigenvalue weighted by molar-refractivity contribution is -0.00789. The minimum absolute atomic E-state index is 0.550. The molecule has 0 saturated heterocycles. The minimum Gasteiger partial charge on any atom is -0.310 e. The summed E-state index contributed by atoms with van der Waals surface area (Å²) in [5.41, 5.74) is 1.96. The normalized spacial score (nSPS) is 37.2. The summed E-state index contributed by atoms with van der Waals surface area (Å²) in [4.78, 5) is 0. The molecule has 0 amide bonds. The van der Waals surface area contributed by atoms with Gasteiger partial charge in [-0.25, -0.2) is 0 Å². The maximum Gasteiger partial charge on any atom is 0.0208 e. The first-order chi connectivity index (χ1) is 10.1. The second-order valence-corrected chi connectivity index (χ2v) is 8.11. The number of nitrogens with one attached hydrogen (secondary N) is 1. The van der Waals surface area contributed by atoms with Gasteiger partial charge < -0.3 is 5.32 Å². The highest BCUT2D eigenvalue weighted by molar-refractivity contribution is 5.14. The van der Waals surface area contributed by atoms with E-state index in [4.69, 9.17) is 0 Å². The number of rotatable bonds is 4. The Kier molecular flexibility index (Phi) is 4.40. The van der Waals surface area contributed by atoms with Crippen molar-refractivity contribution in [3.63, 3.8) is 0 Å². The van der Waals surface area contributed by atoms with Gasteiger partial charge in [0.15, 0.2) is 0 Å². The Morgan fingerprint density at radius 3 is 2.29 bits per heavy atom. The van der Waals surface area contributed by atoms with E-state index < -0.39 is 0 Å². The van der Waals surface area contributed by atoms with Crippen molar-refractivity contribution < 1.29 is 0 Å². The second kappa shape index (κ2) is 6.12. The van der Waals surface area contributed by atoms with Crippen LogP contribution in [0.4, 0.5) is 0 Å². The molecule has 2 bridgehead atoms. The molecule has 0 aliphatic heterocycles. The van der Waals surface area contributed by atoms with E-state index in [9.17, 15) is 0 Å². The number of benzene rings is 1. The molecular formula is C20H31N. The minimum atomic E-state index is 0.550. The summed E-state index contributed by atoms with van der Waals surface area (Å²) in [5, 5.41) is 3.86. The molecule has 2 aliphatic rings. The third-order valence-corrected chi connectivity index (χ3v) is 6.05. The zero-order valence-electron chi connectivity index (χ0n) is 13.9. The van der Waals surface area contributed by atoms with E-state index in [2.05, 4.69) is 56.4 Å². The van der Waals surface area contributed by atoms with Crippen LogP contribution < -0.4 is 5.32 Å². The lowest BCUT2D eigenvalue weighted by Crippen LogP contribution is -2.50. The molecule has 1 heteroatoms. The molecule has 1 N–H and O–H groups in total. The molecule has 0 spiro atoms. The molecule has 0 radical (unpaired) electrons. The van der Waals surface area contributed by atoms with Crippen molar-refractivity contribution >= 4 is 0 Å². The fourth-order valence-electron chi connectivity index (χ4n) is 5.39. The van der Waals surface area contributed by atoms with E-state index in [1.54, 1.807) is 0 Å². The average molecular weight is 285 g/mol. The molecule has 0 aromatic heterocycles. The zero-order chi connectivity index (χ0) is 14.9. The Balaban J connectivity index is 1.68. The van der Waals surface area contributed by atoms with E-state index in [1.807, 2.05) is 0 Å². The van der Waals surface area contributed by atoms with Crippen LogP contribution in [-0.4, -0.2) is 6.04 Å². The van der Waals surface area contributed by atoms with Crippen LogP contribution in [0.3, 0.4) is 0 Å². The van der Waals surface area contributed by atoms with Crippen molar-refractivity contribution in [2.24, 2.45) is 23.2 Å². The van der Waals surface area contributed by atoms with Crippen LogP contribution in [0, 0.1) is 23.2 Å². The molecule has 0 heterocycles. The van der Waals surface area contributed by atoms with Gasteiger partial charge in [0.1, 0.15) is 0 Å². The third-order valence-electron chi connectivity index (χ3n) is 6.05. The molecule has 2 fully saturated rings. The third kappa shape index (κ3) is 3.34. The van der Waals surface area contributed by atoms with Gasteiger partial charge >= 0.3 is 0 Å². The molecule has 3 atom stereocenters. The molecule has 1 aromatic carbocycles. The van der Waals surface area contributed by atoms with E-state index >= 15 is 0 Å². The lowest BCUT2D eigenvalue weighted by atomic mass is 9.54. The molecule has 1 aromatic rings. The highest BCUT2D eigenvalue weighted by atomic mass is 14.9. The van der Waals surface area contributed by atoms with E-state index in [1.165, 1.54) is 37.7 Å². The van der Waals surface area contributed by atoms with E-state index in [0.717, 1.165) is 24.3 Å². The monoisotopic (exact) mass is 285 g/mol. The smallest absolute Gasteiger partial charge is 0.0208 e. The van der Waals surface area contributed by atoms with Crippen LogP contribution in [0.1, 0.15) is 58.4 Å². The fourth-order valence-corrected chi connectivity index (χ4v) is 5.39. The first-order valence-corrected chi connectivity index (χ1v) is 8.85. The molecular weight excluding hydrogens is 254 g/mol. The van der Waals surface area contributed by atoms with Gasteiger partial charge in [0.05, 0.1) is 0 Å². The predicted molar refractivity (Wildman–Crippen MR) is 90.1 cm³/mol. The second-order valence-electron chi connectivity index (χ2n) is 8.11. The zero-order valence-corrected chi connectivity index (χ0v) is 13.9. The van der Waals surface area contributed by atoms with Crippen LogP contribution in [-0.2, 0) is 6.54 Å². The standard InChI is InChI=1S/C20H31N/c1-15-9-19-10-16(2)12-20(11-15,13-19)17(3)21-14-18-7-5-4-6-8-18/h4-8,15-17,19,21H,9-14H2,1-3H3. The van der Waals surface area contributed by atoms with Gasteiger partial charge in [-0.3, -0.25) is 0 Å². The summed E-state index contributed by atoms with van der Waals surface area (Å²) in [5.74, 6) is 2.81. The van der Waals surface area contributed by atoms with Gasteiger partial charge in [0.25, 0.3) is 0 Å². The van der Waals surface area contributed by atoms with Crippen LogP contribution in [0.15, 0.2) is 30.3 Å². The van der Waals surface area contributed by atoms with Crippen molar-refractivity contribution in [1.82, 2.24) is 5.32 Å². The first kappa shape index (κ1) is 15.1. The highest BCUT2D eigenvalue weighted by Crippen LogP contribution is 2.54. The Morgan fingerprint density at radius 1 is 1.05 bits per heavy atom. The predicted octanol–water partition coefficient (Wildman–Crippen LogP) is 5.02. The average Bonchev–Trinajstić information content (AvgIpc) is 2.44. The first-order valence-electron chi connectivity index (χ1n) is 8.85. The Bertz CT molecular complexity index is 433. The largest absolute Gasteiger partial charge is 0.310 e. The number of fused-ring (bicyclic) bond motifs is 2. The van der Waals surface area contributed by atoms with Crippen molar-refractivity contribution in [3.05, 3.63) is 35.9 Å². The lowest BCUT2D eigenvalue weighted by Gasteiger charge is -2.53. The summed E-state index contributed by atoms with van der Waals surface area (Å²) in [6.45, 7) is 8.40. The fraction of sp³-hybridized carbons (Fsp3) is 0.700. The summed E-state index contributed by atoms with van der Waals surface area (Å²) in [6, 6.07) is 11.5. The maximum atomic E-state index is 3.86. The number of hydrogen-bond donors (Lipinski definition) is 1. The van der Waals surface area contributed by atoms with E-state index in [0.29, 0.717) is 11.5 Å². The molecule has 116 valence electrons. The van der Waals surface area contributed by atoms with Crippen LogP contribution in [0.25, 0.3) is 0 Å². The Labute approximate surface area is 130 Å². The molecule has 21 heavy (non-hydrogen) atoms. The van der Waals surface area contributed by atoms with Crippen molar-refractivity contribution in [3.8, 4) is 0 Å². The van der Waals surface area contributed by atoms with Crippen LogP contribution in [0.2, 0.25) is 0 Å². The van der Waals surface area contributed by atoms with Gasteiger partial charge in [-0.15, -0.1) is 0 Å². The van der Waals surface area contributed by atoms with Gasteiger partial charge in [-0.05, 0) is 67.8 Å². The molecule has 1 nitrogen and oxygen atoms in total. The Morgan fingerprint density at radius 2 is 1.67 bits per heavy atom. The molecule has 2 aliphatic carbocycles. The van der Waals surface area contributed by atoms with Crippen molar-refractivity contribution in [2.45, 2.75) is 65.5 Å². The van der Waals surface area contributed by atoms with Crippen LogP contribution in [0.5, 0.6) is 0 Å². The van der Waals surface area contributed by atoms with Gasteiger partial charge in [0.2, 0.25) is 0 Å². The van der Waals surface area contributed by atoms with Gasteiger partial charge in [0, 0.05) is 12.6 Å². The summed E-state index contributed by atoms with van der Waals surface area (Å²) in [6.07, 6.45) is 7.26. The molecule has 3 unspecified atom stereocenters. The topological polar surface area (TPSA) is 12.0 Å². The van der Waals surface area contributed by atoms with Gasteiger partial charge in [-0.1, -0.05) is 44.2 Å². The highest BCUT2D eigenvalue weighted by Gasteiger charge is 2.46. The molecule has 2 saturated carbocycles. The van der Waals surface area contributed by atoms with E-state index in [-0.39, 0.29) is 0 Å². The van der Waals surface area contributed by atoms with Gasteiger partial charge in [-0.2, -0.15) is 0 Å². The maximum absolute atomic E-state index is 3.86. The SMILES string of the molecule is CC1CC2CC(C)CC(C(C)NCc3ccccc3)(C1)C2. The Hall–Kier alpha value is -0.820. The van der Waals surface area contributed by atoms with Crippen LogP contribution >= 0.6 is 0 Å². The summed E-state index contributed by atoms with van der Waals surface area (Å²) in [7, 11) is 0. The number of hydrogen-bond acceptors (Lipinski definition) is 1. The summed E-state index contributed by atoms with van der Waals surface area (Å²) >= 11 is 0. The quantitative estimate of drug-likeness (QED) is 0.819. The van der Waals surface area contributed by atoms with Crippen molar-refractivity contribution in [2.75, 3.05) is 0 Å². The molecule has 3 rings (SSSR count).